The summed E-state index contributed by atoms with van der Waals surface area (Å²) >= 11 is 5.89. The maximum absolute atomic E-state index is 13.1. The van der Waals surface area contributed by atoms with Crippen molar-refractivity contribution in [3.05, 3.63) is 47.0 Å². The topological polar surface area (TPSA) is 44.1 Å². The van der Waals surface area contributed by atoms with Crippen LogP contribution < -0.4 is 0 Å². The molecular weight excluding hydrogens is 259 g/mol. The van der Waals surface area contributed by atoms with Gasteiger partial charge in [-0.25, -0.2) is 13.9 Å². The number of nitrogens with zero attached hydrogens (tertiary/aromatic N) is 2. The van der Waals surface area contributed by atoms with Crippen LogP contribution in [0.1, 0.15) is 17.4 Å². The van der Waals surface area contributed by atoms with Gasteiger partial charge in [0.15, 0.2) is 5.69 Å². The standard InChI is InChI=1S/C12H10ClFN2O2/c1-2-18-12(17)11-10(13)7-16(15-11)9-5-3-4-8(14)6-9/h3-7H,2H2,1H3. The molecule has 2 rings (SSSR count). The molecule has 0 fully saturated rings. The van der Waals surface area contributed by atoms with E-state index in [0.717, 1.165) is 0 Å². The lowest BCUT2D eigenvalue weighted by atomic mass is 10.3. The summed E-state index contributed by atoms with van der Waals surface area (Å²) in [7, 11) is 0. The van der Waals surface area contributed by atoms with Gasteiger partial charge in [-0.1, -0.05) is 17.7 Å². The third-order valence-electron chi connectivity index (χ3n) is 2.21. The van der Waals surface area contributed by atoms with Crippen molar-refractivity contribution in [2.75, 3.05) is 6.61 Å². The van der Waals surface area contributed by atoms with Crippen LogP contribution in [0.2, 0.25) is 5.02 Å². The first-order chi connectivity index (χ1) is 8.61. The van der Waals surface area contributed by atoms with Gasteiger partial charge in [-0.05, 0) is 25.1 Å². The number of aromatic nitrogens is 2. The molecule has 1 aromatic carbocycles. The molecule has 0 bridgehead atoms. The van der Waals surface area contributed by atoms with Gasteiger partial charge in [-0.15, -0.1) is 0 Å². The largest absolute Gasteiger partial charge is 0.461 e. The second-order valence-corrected chi connectivity index (χ2v) is 3.88. The number of carbonyl (C=O) groups is 1. The molecule has 0 spiro atoms. The van der Waals surface area contributed by atoms with Crippen molar-refractivity contribution in [2.45, 2.75) is 6.92 Å². The van der Waals surface area contributed by atoms with Gasteiger partial charge >= 0.3 is 5.97 Å². The van der Waals surface area contributed by atoms with Crippen LogP contribution in [-0.4, -0.2) is 22.4 Å². The molecule has 2 aromatic rings. The molecule has 0 unspecified atom stereocenters. The fourth-order valence-corrected chi connectivity index (χ4v) is 1.65. The molecule has 0 saturated carbocycles. The van der Waals surface area contributed by atoms with Crippen molar-refractivity contribution in [3.63, 3.8) is 0 Å². The molecule has 0 saturated heterocycles. The van der Waals surface area contributed by atoms with E-state index in [4.69, 9.17) is 16.3 Å². The maximum Gasteiger partial charge on any atom is 0.360 e. The molecule has 0 amide bonds. The zero-order valence-corrected chi connectivity index (χ0v) is 10.3. The van der Waals surface area contributed by atoms with Crippen molar-refractivity contribution in [1.82, 2.24) is 9.78 Å². The summed E-state index contributed by atoms with van der Waals surface area (Å²) in [5, 5.41) is 4.15. The number of hydrogen-bond acceptors (Lipinski definition) is 3. The van der Waals surface area contributed by atoms with Gasteiger partial charge < -0.3 is 4.74 Å². The molecule has 0 aliphatic rings. The van der Waals surface area contributed by atoms with Crippen molar-refractivity contribution in [1.29, 1.82) is 0 Å². The summed E-state index contributed by atoms with van der Waals surface area (Å²) in [5.74, 6) is -0.991. The van der Waals surface area contributed by atoms with Crippen LogP contribution in [0.25, 0.3) is 5.69 Å². The first-order valence-corrected chi connectivity index (χ1v) is 5.68. The number of ether oxygens (including phenoxy) is 1. The molecule has 0 atom stereocenters. The second-order valence-electron chi connectivity index (χ2n) is 3.47. The van der Waals surface area contributed by atoms with Gasteiger partial charge in [0.25, 0.3) is 0 Å². The zero-order chi connectivity index (χ0) is 13.1. The zero-order valence-electron chi connectivity index (χ0n) is 9.56. The quantitative estimate of drug-likeness (QED) is 0.804. The lowest BCUT2D eigenvalue weighted by Crippen LogP contribution is -2.07. The number of esters is 1. The Balaban J connectivity index is 2.37. The van der Waals surface area contributed by atoms with Gasteiger partial charge in [0.1, 0.15) is 5.82 Å². The highest BCUT2D eigenvalue weighted by atomic mass is 35.5. The summed E-state index contributed by atoms with van der Waals surface area (Å²) < 4.78 is 19.2. The third-order valence-corrected chi connectivity index (χ3v) is 2.49. The van der Waals surface area contributed by atoms with Crippen LogP contribution in [0.4, 0.5) is 4.39 Å². The SMILES string of the molecule is CCOC(=O)c1nn(-c2cccc(F)c2)cc1Cl. The predicted octanol–water partition coefficient (Wildman–Crippen LogP) is 2.84. The maximum atomic E-state index is 13.1. The van der Waals surface area contributed by atoms with E-state index < -0.39 is 11.8 Å². The minimum atomic E-state index is -0.599. The van der Waals surface area contributed by atoms with E-state index in [1.54, 1.807) is 19.1 Å². The van der Waals surface area contributed by atoms with Crippen LogP contribution >= 0.6 is 11.6 Å². The van der Waals surface area contributed by atoms with E-state index in [2.05, 4.69) is 5.10 Å². The fraction of sp³-hybridized carbons (Fsp3) is 0.167. The third kappa shape index (κ3) is 2.51. The average molecular weight is 269 g/mol. The Morgan fingerprint density at radius 2 is 2.33 bits per heavy atom. The summed E-state index contributed by atoms with van der Waals surface area (Å²) in [6.45, 7) is 1.93. The van der Waals surface area contributed by atoms with Crippen molar-refractivity contribution < 1.29 is 13.9 Å². The van der Waals surface area contributed by atoms with Crippen molar-refractivity contribution in [3.8, 4) is 5.69 Å². The van der Waals surface area contributed by atoms with Gasteiger partial charge in [0, 0.05) is 0 Å². The van der Waals surface area contributed by atoms with Gasteiger partial charge in [-0.3, -0.25) is 0 Å². The van der Waals surface area contributed by atoms with E-state index in [1.807, 2.05) is 0 Å². The Morgan fingerprint density at radius 3 is 3.00 bits per heavy atom. The van der Waals surface area contributed by atoms with Crippen LogP contribution in [0.15, 0.2) is 30.5 Å². The fourth-order valence-electron chi connectivity index (χ4n) is 1.44. The molecule has 0 aliphatic heterocycles. The molecule has 0 aliphatic carbocycles. The van der Waals surface area contributed by atoms with Crippen molar-refractivity contribution >= 4 is 17.6 Å². The summed E-state index contributed by atoms with van der Waals surface area (Å²) in [6.07, 6.45) is 1.43. The molecule has 4 nitrogen and oxygen atoms in total. The van der Waals surface area contributed by atoms with Gasteiger partial charge in [-0.2, -0.15) is 5.10 Å². The molecule has 94 valence electrons. The Labute approximate surface area is 108 Å². The second kappa shape index (κ2) is 5.18. The highest BCUT2D eigenvalue weighted by Crippen LogP contribution is 2.18. The smallest absolute Gasteiger partial charge is 0.360 e. The molecule has 1 heterocycles. The van der Waals surface area contributed by atoms with E-state index in [0.29, 0.717) is 5.69 Å². The molecule has 0 radical (unpaired) electrons. The molecule has 1 aromatic heterocycles. The number of rotatable bonds is 3. The van der Waals surface area contributed by atoms with Crippen LogP contribution in [0.3, 0.4) is 0 Å². The lowest BCUT2D eigenvalue weighted by molar-refractivity contribution is 0.0519. The van der Waals surface area contributed by atoms with Gasteiger partial charge in [0.05, 0.1) is 23.5 Å². The molecule has 6 heteroatoms. The van der Waals surface area contributed by atoms with E-state index in [9.17, 15) is 9.18 Å². The van der Waals surface area contributed by atoms with E-state index in [-0.39, 0.29) is 17.3 Å². The normalized spacial score (nSPS) is 10.4. The van der Waals surface area contributed by atoms with E-state index in [1.165, 1.54) is 23.0 Å². The van der Waals surface area contributed by atoms with Crippen LogP contribution in [0, 0.1) is 5.82 Å². The number of hydrogen-bond donors (Lipinski definition) is 0. The Morgan fingerprint density at radius 1 is 1.56 bits per heavy atom. The Bertz CT molecular complexity index is 583. The predicted molar refractivity (Wildman–Crippen MR) is 64.5 cm³/mol. The first-order valence-electron chi connectivity index (χ1n) is 5.30. The van der Waals surface area contributed by atoms with Crippen LogP contribution in [0.5, 0.6) is 0 Å². The number of halogens is 2. The lowest BCUT2D eigenvalue weighted by Gasteiger charge is -2.00. The minimum Gasteiger partial charge on any atom is -0.461 e. The minimum absolute atomic E-state index is 0.0165. The summed E-state index contributed by atoms with van der Waals surface area (Å²) in [5.41, 5.74) is 0.496. The monoisotopic (exact) mass is 268 g/mol. The summed E-state index contributed by atoms with van der Waals surface area (Å²) in [6, 6.07) is 5.81. The molecule has 18 heavy (non-hydrogen) atoms. The highest BCUT2D eigenvalue weighted by Gasteiger charge is 2.17. The average Bonchev–Trinajstić information content (AvgIpc) is 2.72. The van der Waals surface area contributed by atoms with Crippen LogP contribution in [-0.2, 0) is 4.74 Å². The highest BCUT2D eigenvalue weighted by molar-refractivity contribution is 6.33. The number of carbonyl (C=O) groups excluding carboxylic acids is 1. The Kier molecular flexibility index (Phi) is 3.62. The molecule has 0 N–H and O–H groups in total. The first kappa shape index (κ1) is 12.6. The van der Waals surface area contributed by atoms with Gasteiger partial charge in [0.2, 0.25) is 0 Å². The van der Waals surface area contributed by atoms with E-state index >= 15 is 0 Å². The summed E-state index contributed by atoms with van der Waals surface area (Å²) in [4.78, 5) is 11.5. The number of benzene rings is 1. The molecular formula is C12H10ClFN2O2. The Hall–Kier alpha value is -1.88. The van der Waals surface area contributed by atoms with Crippen molar-refractivity contribution in [2.24, 2.45) is 0 Å².